The van der Waals surface area contributed by atoms with Gasteiger partial charge in [-0.15, -0.1) is 0 Å². The lowest BCUT2D eigenvalue weighted by Gasteiger charge is -2.50. The average molecular weight is 540 g/mol. The second-order valence-corrected chi connectivity index (χ2v) is 11.9. The number of carbonyl (C=O) groups is 3. The Morgan fingerprint density at radius 3 is 2.36 bits per heavy atom. The van der Waals surface area contributed by atoms with Crippen LogP contribution in [-0.4, -0.2) is 82.6 Å². The number of benzene rings is 1. The number of carbonyl (C=O) groups excluding carboxylic acids is 3. The minimum Gasteiger partial charge on any atom is -0.508 e. The summed E-state index contributed by atoms with van der Waals surface area (Å²) < 4.78 is 0. The molecule has 0 heterocycles. The fourth-order valence-electron chi connectivity index (χ4n) is 6.92. The quantitative estimate of drug-likeness (QED) is 0.325. The SMILES string of the molecule is CN(C)c1cc(CCCC2CC2)c(O)c2c1C[C@H]1C[C@H]3[C@@H](N(C)C)C(=O)C(C(N)=O)=C(O)[C@@]3(O)C(=O)C1=C2O. The van der Waals surface area contributed by atoms with Gasteiger partial charge in [-0.2, -0.15) is 0 Å². The number of phenols is 1. The summed E-state index contributed by atoms with van der Waals surface area (Å²) in [5, 5.41) is 45.6. The first-order valence-electron chi connectivity index (χ1n) is 13.5. The molecule has 39 heavy (non-hydrogen) atoms. The van der Waals surface area contributed by atoms with E-state index < -0.39 is 58.0 Å². The van der Waals surface area contributed by atoms with Gasteiger partial charge in [-0.3, -0.25) is 19.3 Å². The van der Waals surface area contributed by atoms with Crippen LogP contribution >= 0.6 is 0 Å². The molecular weight excluding hydrogens is 502 g/mol. The zero-order chi connectivity index (χ0) is 28.5. The van der Waals surface area contributed by atoms with Crippen LogP contribution in [0.5, 0.6) is 5.75 Å². The number of aliphatic hydroxyl groups excluding tert-OH is 2. The molecule has 0 aromatic heterocycles. The third kappa shape index (κ3) is 4.03. The number of aryl methyl sites for hydroxylation is 1. The maximum atomic E-state index is 14.0. The fraction of sp³-hybridized carbons (Fsp3) is 0.552. The maximum Gasteiger partial charge on any atom is 0.255 e. The Labute approximate surface area is 227 Å². The number of fused-ring (bicyclic) bond motifs is 3. The van der Waals surface area contributed by atoms with Crippen LogP contribution in [0.3, 0.4) is 0 Å². The first kappa shape index (κ1) is 27.2. The average Bonchev–Trinajstić information content (AvgIpc) is 3.66. The normalized spacial score (nSPS) is 28.4. The Bertz CT molecular complexity index is 1340. The number of hydrogen-bond acceptors (Lipinski definition) is 9. The number of hydrogen-bond donors (Lipinski definition) is 5. The minimum atomic E-state index is -2.63. The minimum absolute atomic E-state index is 0.0720. The van der Waals surface area contributed by atoms with Gasteiger partial charge >= 0.3 is 0 Å². The van der Waals surface area contributed by atoms with Crippen LogP contribution < -0.4 is 10.6 Å². The van der Waals surface area contributed by atoms with E-state index in [1.54, 1.807) is 14.1 Å². The molecule has 1 aromatic rings. The molecule has 0 spiro atoms. The third-order valence-corrected chi connectivity index (χ3v) is 9.01. The Kier molecular flexibility index (Phi) is 6.54. The number of anilines is 1. The molecule has 0 bridgehead atoms. The smallest absolute Gasteiger partial charge is 0.255 e. The van der Waals surface area contributed by atoms with Crippen molar-refractivity contribution < 1.29 is 34.8 Å². The topological polar surface area (TPSA) is 165 Å². The molecule has 4 aliphatic rings. The van der Waals surface area contributed by atoms with E-state index >= 15 is 0 Å². The molecule has 2 saturated carbocycles. The highest BCUT2D eigenvalue weighted by atomic mass is 16.3. The number of likely N-dealkylation sites (N-methyl/N-ethyl adjacent to an activating group) is 1. The van der Waals surface area contributed by atoms with Crippen LogP contribution in [0.1, 0.15) is 48.8 Å². The number of ketones is 2. The van der Waals surface area contributed by atoms with Gasteiger partial charge in [-0.25, -0.2) is 0 Å². The lowest BCUT2D eigenvalue weighted by molar-refractivity contribution is -0.153. The van der Waals surface area contributed by atoms with Gasteiger partial charge in [0.25, 0.3) is 5.91 Å². The lowest BCUT2D eigenvalue weighted by Crippen LogP contribution is -2.65. The molecule has 10 nitrogen and oxygen atoms in total. The molecule has 0 radical (unpaired) electrons. The first-order valence-corrected chi connectivity index (χ1v) is 13.5. The van der Waals surface area contributed by atoms with Crippen molar-refractivity contribution in [1.29, 1.82) is 0 Å². The number of nitrogens with zero attached hydrogens (tertiary/aromatic N) is 2. The maximum absolute atomic E-state index is 14.0. The van der Waals surface area contributed by atoms with E-state index in [4.69, 9.17) is 5.73 Å². The number of aromatic hydroxyl groups is 1. The van der Waals surface area contributed by atoms with Crippen molar-refractivity contribution in [2.75, 3.05) is 33.1 Å². The second kappa shape index (κ2) is 9.38. The van der Waals surface area contributed by atoms with E-state index in [0.29, 0.717) is 17.5 Å². The summed E-state index contributed by atoms with van der Waals surface area (Å²) in [5.74, 6) is -5.57. The van der Waals surface area contributed by atoms with E-state index in [0.717, 1.165) is 24.4 Å². The molecule has 0 aliphatic heterocycles. The number of primary amides is 1. The van der Waals surface area contributed by atoms with Crippen LogP contribution in [0.15, 0.2) is 23.0 Å². The van der Waals surface area contributed by atoms with Crippen molar-refractivity contribution in [3.63, 3.8) is 0 Å². The van der Waals surface area contributed by atoms with E-state index in [1.165, 1.54) is 17.7 Å². The third-order valence-electron chi connectivity index (χ3n) is 9.01. The Morgan fingerprint density at radius 2 is 1.79 bits per heavy atom. The molecular formula is C29H37N3O7. The van der Waals surface area contributed by atoms with Crippen molar-refractivity contribution in [3.8, 4) is 5.75 Å². The van der Waals surface area contributed by atoms with Gasteiger partial charge in [0, 0.05) is 31.3 Å². The molecule has 5 rings (SSSR count). The largest absolute Gasteiger partial charge is 0.508 e. The number of amides is 1. The van der Waals surface area contributed by atoms with Crippen molar-refractivity contribution >= 4 is 28.9 Å². The Morgan fingerprint density at radius 1 is 1.13 bits per heavy atom. The molecule has 0 unspecified atom stereocenters. The van der Waals surface area contributed by atoms with Gasteiger partial charge in [-0.1, -0.05) is 19.3 Å². The second-order valence-electron chi connectivity index (χ2n) is 11.9. The highest BCUT2D eigenvalue weighted by molar-refractivity contribution is 6.24. The van der Waals surface area contributed by atoms with Crippen LogP contribution in [0.25, 0.3) is 5.76 Å². The molecule has 210 valence electrons. The van der Waals surface area contributed by atoms with Gasteiger partial charge < -0.3 is 31.1 Å². The van der Waals surface area contributed by atoms with E-state index in [2.05, 4.69) is 0 Å². The van der Waals surface area contributed by atoms with Gasteiger partial charge in [0.1, 0.15) is 22.8 Å². The highest BCUT2D eigenvalue weighted by Crippen LogP contribution is 2.54. The Balaban J connectivity index is 1.67. The van der Waals surface area contributed by atoms with Crippen LogP contribution in [-0.2, 0) is 27.2 Å². The summed E-state index contributed by atoms with van der Waals surface area (Å²) in [5.41, 5.74) is 4.12. The fourth-order valence-corrected chi connectivity index (χ4v) is 6.92. The van der Waals surface area contributed by atoms with Crippen molar-refractivity contribution in [1.82, 2.24) is 4.90 Å². The predicted octanol–water partition coefficient (Wildman–Crippen LogP) is 1.76. The van der Waals surface area contributed by atoms with Crippen LogP contribution in [0.2, 0.25) is 0 Å². The number of phenolic OH excluding ortho intramolecular Hbond substituents is 1. The number of nitrogens with two attached hydrogens (primary N) is 1. The number of rotatable bonds is 7. The van der Waals surface area contributed by atoms with Gasteiger partial charge in [0.15, 0.2) is 11.4 Å². The van der Waals surface area contributed by atoms with Gasteiger partial charge in [0.2, 0.25) is 5.78 Å². The molecule has 0 saturated heterocycles. The summed E-state index contributed by atoms with van der Waals surface area (Å²) in [6, 6.07) is 0.832. The van der Waals surface area contributed by atoms with Crippen molar-refractivity contribution in [2.24, 2.45) is 23.5 Å². The molecule has 4 aliphatic carbocycles. The molecule has 10 heteroatoms. The summed E-state index contributed by atoms with van der Waals surface area (Å²) in [4.78, 5) is 42.8. The first-order chi connectivity index (χ1) is 18.3. The summed E-state index contributed by atoms with van der Waals surface area (Å²) >= 11 is 0. The van der Waals surface area contributed by atoms with Crippen LogP contribution in [0.4, 0.5) is 5.69 Å². The van der Waals surface area contributed by atoms with E-state index in [-0.39, 0.29) is 29.7 Å². The zero-order valence-corrected chi connectivity index (χ0v) is 22.8. The van der Waals surface area contributed by atoms with Gasteiger partial charge in [0.05, 0.1) is 11.6 Å². The lowest BCUT2D eigenvalue weighted by atomic mass is 9.57. The molecule has 1 amide bonds. The molecule has 6 N–H and O–H groups in total. The summed E-state index contributed by atoms with van der Waals surface area (Å²) in [6.07, 6.45) is 5.38. The Hall–Kier alpha value is -3.37. The van der Waals surface area contributed by atoms with E-state index in [1.807, 2.05) is 25.1 Å². The number of Topliss-reactive ketones (excluding diaryl/α,β-unsaturated/α-hetero) is 2. The van der Waals surface area contributed by atoms with Crippen LogP contribution in [0, 0.1) is 17.8 Å². The highest BCUT2D eigenvalue weighted by Gasteiger charge is 2.64. The molecule has 4 atom stereocenters. The predicted molar refractivity (Wildman–Crippen MR) is 144 cm³/mol. The number of aliphatic hydroxyl groups is 3. The standard InChI is InChI=1S/C29H37N3O7/c1-31(2)18-12-14(7-5-6-13-8-9-13)23(33)20-16(18)10-15-11-17-22(32(3)4)25(35)21(28(30)38)27(37)29(17,39)26(36)19(15)24(20)34/h12-13,15,17,22,33-34,37,39H,5-11H2,1-4H3,(H2,30,38)/t15-,17-,22+,29-/m0/s1. The molecule has 2 fully saturated rings. The van der Waals surface area contributed by atoms with Crippen molar-refractivity contribution in [2.45, 2.75) is 56.6 Å². The summed E-state index contributed by atoms with van der Waals surface area (Å²) in [7, 11) is 6.91. The zero-order valence-electron chi connectivity index (χ0n) is 22.8. The monoisotopic (exact) mass is 539 g/mol. The van der Waals surface area contributed by atoms with Gasteiger partial charge in [-0.05, 0) is 68.8 Å². The van der Waals surface area contributed by atoms with Crippen molar-refractivity contribution in [3.05, 3.63) is 39.7 Å². The van der Waals surface area contributed by atoms with E-state index in [9.17, 15) is 34.8 Å². The molecule has 1 aromatic carbocycles. The summed E-state index contributed by atoms with van der Waals surface area (Å²) in [6.45, 7) is 0.